The first-order valence-corrected chi connectivity index (χ1v) is 4.55. The van der Waals surface area contributed by atoms with Crippen molar-refractivity contribution in [2.24, 2.45) is 0 Å². The molecule has 0 aromatic carbocycles. The maximum absolute atomic E-state index is 12.1. The average molecular weight is 274 g/mol. The SMILES string of the molecule is FC(F)(F)c1cnc(CCl)c(Br)c1. The molecule has 0 saturated heterocycles. The van der Waals surface area contributed by atoms with E-state index in [4.69, 9.17) is 11.6 Å². The molecule has 0 saturated carbocycles. The van der Waals surface area contributed by atoms with E-state index in [2.05, 4.69) is 20.9 Å². The van der Waals surface area contributed by atoms with Gasteiger partial charge in [-0.05, 0) is 22.0 Å². The highest BCUT2D eigenvalue weighted by Gasteiger charge is 2.31. The molecule has 6 heteroatoms. The van der Waals surface area contributed by atoms with Gasteiger partial charge in [0, 0.05) is 10.7 Å². The lowest BCUT2D eigenvalue weighted by molar-refractivity contribution is -0.137. The van der Waals surface area contributed by atoms with Crippen LogP contribution in [0.25, 0.3) is 0 Å². The zero-order valence-corrected chi connectivity index (χ0v) is 8.54. The molecule has 1 heterocycles. The summed E-state index contributed by atoms with van der Waals surface area (Å²) in [6, 6.07) is 0.963. The standard InChI is InChI=1S/C7H4BrClF3N/c8-5-1-4(7(10,11)12)3-13-6(5)2-9/h1,3H,2H2. The summed E-state index contributed by atoms with van der Waals surface area (Å²) < 4.78 is 36.6. The molecule has 72 valence electrons. The normalized spacial score (nSPS) is 11.8. The quantitative estimate of drug-likeness (QED) is 0.713. The van der Waals surface area contributed by atoms with Crippen molar-refractivity contribution in [3.8, 4) is 0 Å². The second-order valence-corrected chi connectivity index (χ2v) is 3.41. The minimum Gasteiger partial charge on any atom is -0.258 e. The van der Waals surface area contributed by atoms with Crippen LogP contribution in [0.4, 0.5) is 13.2 Å². The van der Waals surface area contributed by atoms with Crippen LogP contribution in [0.3, 0.4) is 0 Å². The number of rotatable bonds is 1. The Morgan fingerprint density at radius 1 is 1.46 bits per heavy atom. The number of alkyl halides is 4. The Hall–Kier alpha value is -0.290. The van der Waals surface area contributed by atoms with E-state index < -0.39 is 11.7 Å². The van der Waals surface area contributed by atoms with Gasteiger partial charge in [0.1, 0.15) is 0 Å². The highest BCUT2D eigenvalue weighted by Crippen LogP contribution is 2.31. The van der Waals surface area contributed by atoms with Crippen molar-refractivity contribution in [3.63, 3.8) is 0 Å². The van der Waals surface area contributed by atoms with Crippen molar-refractivity contribution in [2.45, 2.75) is 12.1 Å². The maximum atomic E-state index is 12.1. The van der Waals surface area contributed by atoms with Gasteiger partial charge in [-0.1, -0.05) is 0 Å². The van der Waals surface area contributed by atoms with Crippen LogP contribution >= 0.6 is 27.5 Å². The molecule has 0 atom stereocenters. The van der Waals surface area contributed by atoms with Gasteiger partial charge in [-0.2, -0.15) is 13.2 Å². The molecule has 1 aromatic heterocycles. The molecule has 0 aliphatic rings. The van der Waals surface area contributed by atoms with E-state index in [1.54, 1.807) is 0 Å². The molecule has 0 unspecified atom stereocenters. The first kappa shape index (κ1) is 10.8. The van der Waals surface area contributed by atoms with Crippen LogP contribution in [0.15, 0.2) is 16.7 Å². The molecule has 0 aliphatic carbocycles. The van der Waals surface area contributed by atoms with Gasteiger partial charge in [-0.3, -0.25) is 4.98 Å². The largest absolute Gasteiger partial charge is 0.417 e. The number of aromatic nitrogens is 1. The minimum absolute atomic E-state index is 0.0821. The number of pyridine rings is 1. The number of hydrogen-bond donors (Lipinski definition) is 0. The molecule has 0 radical (unpaired) electrons. The molecule has 1 nitrogen and oxygen atoms in total. The molecule has 1 aromatic rings. The van der Waals surface area contributed by atoms with Crippen molar-refractivity contribution in [1.82, 2.24) is 4.98 Å². The Morgan fingerprint density at radius 2 is 2.08 bits per heavy atom. The molecule has 0 bridgehead atoms. The van der Waals surface area contributed by atoms with E-state index in [-0.39, 0.29) is 10.4 Å². The van der Waals surface area contributed by atoms with Gasteiger partial charge in [0.15, 0.2) is 0 Å². The van der Waals surface area contributed by atoms with Crippen LogP contribution in [0.2, 0.25) is 0 Å². The third-order valence-corrected chi connectivity index (χ3v) is 2.31. The summed E-state index contributed by atoms with van der Waals surface area (Å²) in [5.41, 5.74) is -0.386. The predicted molar refractivity (Wildman–Crippen MR) is 46.5 cm³/mol. The van der Waals surface area contributed by atoms with E-state index in [0.29, 0.717) is 5.69 Å². The fourth-order valence-electron chi connectivity index (χ4n) is 0.720. The Balaban J connectivity index is 3.10. The van der Waals surface area contributed by atoms with Gasteiger partial charge in [0.2, 0.25) is 0 Å². The van der Waals surface area contributed by atoms with Crippen LogP contribution in [-0.4, -0.2) is 4.98 Å². The van der Waals surface area contributed by atoms with E-state index >= 15 is 0 Å². The summed E-state index contributed by atoms with van der Waals surface area (Å²) in [5.74, 6) is 0.0821. The Bertz CT molecular complexity index is 313. The molecule has 0 fully saturated rings. The predicted octanol–water partition coefficient (Wildman–Crippen LogP) is 3.60. The third-order valence-electron chi connectivity index (χ3n) is 1.37. The number of nitrogens with zero attached hydrogens (tertiary/aromatic N) is 1. The summed E-state index contributed by atoms with van der Waals surface area (Å²) in [5, 5.41) is 0. The number of halogens is 5. The topological polar surface area (TPSA) is 12.9 Å². The lowest BCUT2D eigenvalue weighted by Gasteiger charge is -2.07. The van der Waals surface area contributed by atoms with E-state index in [1.165, 1.54) is 0 Å². The van der Waals surface area contributed by atoms with E-state index in [0.717, 1.165) is 12.3 Å². The molecule has 13 heavy (non-hydrogen) atoms. The second-order valence-electron chi connectivity index (χ2n) is 2.28. The van der Waals surface area contributed by atoms with Crippen molar-refractivity contribution in [1.29, 1.82) is 0 Å². The van der Waals surface area contributed by atoms with Gasteiger partial charge in [0.25, 0.3) is 0 Å². The second kappa shape index (κ2) is 3.84. The smallest absolute Gasteiger partial charge is 0.258 e. The molecular formula is C7H4BrClF3N. The average Bonchev–Trinajstić information content (AvgIpc) is 2.02. The van der Waals surface area contributed by atoms with Crippen LogP contribution < -0.4 is 0 Å². The Kier molecular flexibility index (Phi) is 3.18. The van der Waals surface area contributed by atoms with E-state index in [9.17, 15) is 13.2 Å². The zero-order chi connectivity index (χ0) is 10.1. The Morgan fingerprint density at radius 3 is 2.46 bits per heavy atom. The highest BCUT2D eigenvalue weighted by molar-refractivity contribution is 9.10. The Labute approximate surface area is 86.0 Å². The van der Waals surface area contributed by atoms with Gasteiger partial charge in [0.05, 0.1) is 17.1 Å². The summed E-state index contributed by atoms with van der Waals surface area (Å²) >= 11 is 8.38. The third kappa shape index (κ3) is 2.57. The van der Waals surface area contributed by atoms with Crippen LogP contribution in [0, 0.1) is 0 Å². The van der Waals surface area contributed by atoms with Crippen LogP contribution in [0.1, 0.15) is 11.3 Å². The molecule has 0 spiro atoms. The lowest BCUT2D eigenvalue weighted by atomic mass is 10.2. The van der Waals surface area contributed by atoms with Crippen molar-refractivity contribution < 1.29 is 13.2 Å². The monoisotopic (exact) mass is 273 g/mol. The summed E-state index contributed by atoms with van der Waals surface area (Å²) in [6.07, 6.45) is -3.59. The molecule has 1 rings (SSSR count). The van der Waals surface area contributed by atoms with Crippen LogP contribution in [0.5, 0.6) is 0 Å². The zero-order valence-electron chi connectivity index (χ0n) is 6.20. The van der Waals surface area contributed by atoms with Gasteiger partial charge >= 0.3 is 6.18 Å². The van der Waals surface area contributed by atoms with E-state index in [1.807, 2.05) is 0 Å². The molecule has 0 amide bonds. The highest BCUT2D eigenvalue weighted by atomic mass is 79.9. The molecule has 0 N–H and O–H groups in total. The molecular weight excluding hydrogens is 270 g/mol. The van der Waals surface area contributed by atoms with Crippen molar-refractivity contribution in [3.05, 3.63) is 28.0 Å². The summed E-state index contributed by atoms with van der Waals surface area (Å²) in [7, 11) is 0. The fourth-order valence-corrected chi connectivity index (χ4v) is 1.58. The van der Waals surface area contributed by atoms with Crippen LogP contribution in [-0.2, 0) is 12.1 Å². The summed E-state index contributed by atoms with van der Waals surface area (Å²) in [4.78, 5) is 3.56. The van der Waals surface area contributed by atoms with Crippen molar-refractivity contribution in [2.75, 3.05) is 0 Å². The lowest BCUT2D eigenvalue weighted by Crippen LogP contribution is -2.06. The summed E-state index contributed by atoms with van der Waals surface area (Å²) in [6.45, 7) is 0. The first-order valence-electron chi connectivity index (χ1n) is 3.22. The number of hydrogen-bond acceptors (Lipinski definition) is 1. The van der Waals surface area contributed by atoms with Crippen molar-refractivity contribution >= 4 is 27.5 Å². The van der Waals surface area contributed by atoms with Gasteiger partial charge < -0.3 is 0 Å². The van der Waals surface area contributed by atoms with Gasteiger partial charge in [-0.15, -0.1) is 11.6 Å². The maximum Gasteiger partial charge on any atom is 0.417 e. The fraction of sp³-hybridized carbons (Fsp3) is 0.286. The molecule has 0 aliphatic heterocycles. The minimum atomic E-state index is -4.36. The first-order chi connectivity index (χ1) is 5.95. The van der Waals surface area contributed by atoms with Gasteiger partial charge in [-0.25, -0.2) is 0 Å².